The summed E-state index contributed by atoms with van der Waals surface area (Å²) in [5.41, 5.74) is 3.60. The van der Waals surface area contributed by atoms with Crippen molar-refractivity contribution in [3.05, 3.63) is 64.7 Å². The standard InChI is InChI=1S/C25H28N4O5S/c30-23-16-26-25(32)29(23)17-18-5-7-20(8-6-18)24(31)27-11-13-28(14-12-27)35(33,34)22-10-9-19-3-1-2-4-21(19)15-22/h5-10,15H,1-4,11-14,16-17H2,(H,26,32). The van der Waals surface area contributed by atoms with Crippen LogP contribution < -0.4 is 5.32 Å². The van der Waals surface area contributed by atoms with E-state index < -0.39 is 16.1 Å². The molecule has 4 amide bonds. The summed E-state index contributed by atoms with van der Waals surface area (Å²) in [6.45, 7) is 1.27. The number of sulfonamides is 1. The lowest BCUT2D eigenvalue weighted by molar-refractivity contribution is -0.125. The molecule has 0 atom stereocenters. The molecule has 0 aromatic heterocycles. The van der Waals surface area contributed by atoms with Crippen LogP contribution in [0.2, 0.25) is 0 Å². The molecule has 10 heteroatoms. The molecule has 35 heavy (non-hydrogen) atoms. The van der Waals surface area contributed by atoms with Crippen molar-refractivity contribution in [2.45, 2.75) is 37.1 Å². The first-order valence-electron chi connectivity index (χ1n) is 11.9. The van der Waals surface area contributed by atoms with E-state index in [9.17, 15) is 22.8 Å². The zero-order valence-corrected chi connectivity index (χ0v) is 20.2. The van der Waals surface area contributed by atoms with Crippen LogP contribution in [-0.4, -0.2) is 73.1 Å². The summed E-state index contributed by atoms with van der Waals surface area (Å²) in [4.78, 5) is 39.6. The first-order chi connectivity index (χ1) is 16.8. The smallest absolute Gasteiger partial charge is 0.324 e. The number of rotatable bonds is 5. The van der Waals surface area contributed by atoms with Gasteiger partial charge in [0.1, 0.15) is 0 Å². The molecule has 9 nitrogen and oxygen atoms in total. The van der Waals surface area contributed by atoms with Gasteiger partial charge in [0, 0.05) is 31.7 Å². The van der Waals surface area contributed by atoms with Gasteiger partial charge in [0.2, 0.25) is 15.9 Å². The Kier molecular flexibility index (Phi) is 6.33. The molecule has 0 saturated carbocycles. The van der Waals surface area contributed by atoms with E-state index in [0.29, 0.717) is 23.5 Å². The van der Waals surface area contributed by atoms with Gasteiger partial charge in [-0.25, -0.2) is 13.2 Å². The maximum atomic E-state index is 13.2. The van der Waals surface area contributed by atoms with Gasteiger partial charge in [-0.1, -0.05) is 18.2 Å². The number of fused-ring (bicyclic) bond motifs is 1. The zero-order valence-electron chi connectivity index (χ0n) is 19.4. The number of carbonyl (C=O) groups is 3. The van der Waals surface area contributed by atoms with E-state index in [2.05, 4.69) is 5.32 Å². The second kappa shape index (κ2) is 9.43. The monoisotopic (exact) mass is 496 g/mol. The largest absolute Gasteiger partial charge is 0.336 e. The molecule has 2 fully saturated rings. The molecule has 2 heterocycles. The molecule has 184 valence electrons. The van der Waals surface area contributed by atoms with Crippen LogP contribution in [0.15, 0.2) is 47.4 Å². The van der Waals surface area contributed by atoms with Crippen LogP contribution in [0.25, 0.3) is 0 Å². The van der Waals surface area contributed by atoms with E-state index in [0.717, 1.165) is 41.7 Å². The number of hydrogen-bond acceptors (Lipinski definition) is 5. The van der Waals surface area contributed by atoms with Gasteiger partial charge in [-0.05, 0) is 66.6 Å². The predicted octanol–water partition coefficient (Wildman–Crippen LogP) is 1.76. The van der Waals surface area contributed by atoms with Crippen molar-refractivity contribution < 1.29 is 22.8 Å². The fourth-order valence-electron chi connectivity index (χ4n) is 4.88. The number of nitrogens with one attached hydrogen (secondary N) is 1. The van der Waals surface area contributed by atoms with Crippen molar-refractivity contribution in [3.8, 4) is 0 Å². The molecule has 0 radical (unpaired) electrons. The molecule has 2 aromatic rings. The molecule has 2 aromatic carbocycles. The summed E-state index contributed by atoms with van der Waals surface area (Å²) < 4.78 is 27.9. The number of urea groups is 1. The summed E-state index contributed by atoms with van der Waals surface area (Å²) >= 11 is 0. The molecule has 2 saturated heterocycles. The average Bonchev–Trinajstić information content (AvgIpc) is 3.20. The summed E-state index contributed by atoms with van der Waals surface area (Å²) in [5.74, 6) is -0.448. The third-order valence-corrected chi connectivity index (χ3v) is 8.86. The number of benzene rings is 2. The highest BCUT2D eigenvalue weighted by Crippen LogP contribution is 2.26. The van der Waals surface area contributed by atoms with Crippen LogP contribution in [0.4, 0.5) is 4.79 Å². The molecule has 2 aliphatic heterocycles. The number of amides is 4. The van der Waals surface area contributed by atoms with Crippen LogP contribution >= 0.6 is 0 Å². The maximum Gasteiger partial charge on any atom is 0.324 e. The number of carbonyl (C=O) groups excluding carboxylic acids is 3. The van der Waals surface area contributed by atoms with Gasteiger partial charge in [0.15, 0.2) is 0 Å². The minimum Gasteiger partial charge on any atom is -0.336 e. The van der Waals surface area contributed by atoms with E-state index in [1.54, 1.807) is 35.2 Å². The number of imide groups is 1. The second-order valence-electron chi connectivity index (χ2n) is 9.17. The molecule has 1 N–H and O–H groups in total. The van der Waals surface area contributed by atoms with Gasteiger partial charge in [-0.15, -0.1) is 0 Å². The van der Waals surface area contributed by atoms with Crippen molar-refractivity contribution in [2.75, 3.05) is 32.7 Å². The lowest BCUT2D eigenvalue weighted by atomic mass is 9.92. The number of piperazine rings is 1. The lowest BCUT2D eigenvalue weighted by Crippen LogP contribution is -2.50. The van der Waals surface area contributed by atoms with Crippen molar-refractivity contribution in [1.29, 1.82) is 0 Å². The number of hydrogen-bond donors (Lipinski definition) is 1. The van der Waals surface area contributed by atoms with Crippen molar-refractivity contribution in [1.82, 2.24) is 19.4 Å². The third-order valence-electron chi connectivity index (χ3n) is 6.96. The first kappa shape index (κ1) is 23.5. The summed E-state index contributed by atoms with van der Waals surface area (Å²) in [6, 6.07) is 11.8. The van der Waals surface area contributed by atoms with Crippen LogP contribution in [0.5, 0.6) is 0 Å². The fourth-order valence-corrected chi connectivity index (χ4v) is 6.36. The second-order valence-corrected chi connectivity index (χ2v) is 11.1. The van der Waals surface area contributed by atoms with E-state index in [1.807, 2.05) is 12.1 Å². The third kappa shape index (κ3) is 4.68. The quantitative estimate of drug-likeness (QED) is 0.635. The van der Waals surface area contributed by atoms with Crippen LogP contribution in [0, 0.1) is 0 Å². The Morgan fingerprint density at radius 3 is 2.23 bits per heavy atom. The van der Waals surface area contributed by atoms with E-state index in [4.69, 9.17) is 0 Å². The number of aryl methyl sites for hydroxylation is 2. The van der Waals surface area contributed by atoms with Crippen molar-refractivity contribution >= 4 is 27.9 Å². The maximum absolute atomic E-state index is 13.2. The predicted molar refractivity (Wildman–Crippen MR) is 128 cm³/mol. The van der Waals surface area contributed by atoms with Gasteiger partial charge in [-0.2, -0.15) is 4.31 Å². The minimum absolute atomic E-state index is 0.00354. The van der Waals surface area contributed by atoms with Crippen molar-refractivity contribution in [3.63, 3.8) is 0 Å². The van der Waals surface area contributed by atoms with Crippen LogP contribution in [-0.2, 0) is 34.2 Å². The van der Waals surface area contributed by atoms with E-state index in [-0.39, 0.29) is 38.0 Å². The van der Waals surface area contributed by atoms with Gasteiger partial charge in [-0.3, -0.25) is 14.5 Å². The molecule has 0 bridgehead atoms. The summed E-state index contributed by atoms with van der Waals surface area (Å²) in [5, 5.41) is 2.48. The minimum atomic E-state index is -3.60. The van der Waals surface area contributed by atoms with Gasteiger partial charge in [0.25, 0.3) is 5.91 Å². The van der Waals surface area contributed by atoms with Crippen LogP contribution in [0.1, 0.15) is 39.9 Å². The summed E-state index contributed by atoms with van der Waals surface area (Å²) in [6.07, 6.45) is 4.15. The Balaban J connectivity index is 1.20. The summed E-state index contributed by atoms with van der Waals surface area (Å²) in [7, 11) is -3.60. The lowest BCUT2D eigenvalue weighted by Gasteiger charge is -2.34. The Labute approximate surface area is 204 Å². The highest BCUT2D eigenvalue weighted by molar-refractivity contribution is 7.89. The highest BCUT2D eigenvalue weighted by atomic mass is 32.2. The Hall–Kier alpha value is -3.24. The molecule has 5 rings (SSSR count). The molecule has 0 unspecified atom stereocenters. The fraction of sp³-hybridized carbons (Fsp3) is 0.400. The average molecular weight is 497 g/mol. The SMILES string of the molecule is O=C(c1ccc(CN2C(=O)CNC2=O)cc1)N1CCN(S(=O)(=O)c2ccc3c(c2)CCCC3)CC1. The molecule has 0 spiro atoms. The Morgan fingerprint density at radius 2 is 1.57 bits per heavy atom. The Bertz CT molecular complexity index is 1250. The molecule has 1 aliphatic carbocycles. The van der Waals surface area contributed by atoms with Crippen LogP contribution in [0.3, 0.4) is 0 Å². The first-order valence-corrected chi connectivity index (χ1v) is 13.4. The van der Waals surface area contributed by atoms with Gasteiger partial charge >= 0.3 is 6.03 Å². The highest BCUT2D eigenvalue weighted by Gasteiger charge is 2.31. The van der Waals surface area contributed by atoms with E-state index in [1.165, 1.54) is 9.87 Å². The molecule has 3 aliphatic rings. The van der Waals surface area contributed by atoms with Crippen molar-refractivity contribution in [2.24, 2.45) is 0 Å². The topological polar surface area (TPSA) is 107 Å². The zero-order chi connectivity index (χ0) is 24.6. The van der Waals surface area contributed by atoms with Gasteiger partial charge in [0.05, 0.1) is 18.0 Å². The molecular weight excluding hydrogens is 468 g/mol. The molecular formula is C25H28N4O5S. The van der Waals surface area contributed by atoms with Gasteiger partial charge < -0.3 is 10.2 Å². The normalized spacial score (nSPS) is 19.0. The number of nitrogens with zero attached hydrogens (tertiary/aromatic N) is 3. The van der Waals surface area contributed by atoms with E-state index >= 15 is 0 Å². The Morgan fingerprint density at radius 1 is 0.886 bits per heavy atom.